The van der Waals surface area contributed by atoms with E-state index in [0.717, 1.165) is 23.2 Å². The summed E-state index contributed by atoms with van der Waals surface area (Å²) in [6, 6.07) is 11.2. The molecular formula is C25H24N2S3. The molecule has 30 heavy (non-hydrogen) atoms. The van der Waals surface area contributed by atoms with E-state index in [1.807, 2.05) is 28.5 Å². The highest BCUT2D eigenvalue weighted by Gasteiger charge is 2.24. The Morgan fingerprint density at radius 2 is 1.97 bits per heavy atom. The first-order valence-corrected chi connectivity index (χ1v) is 12.7. The third kappa shape index (κ3) is 3.28. The number of aromatic nitrogens is 2. The Hall–Kier alpha value is -1.82. The fourth-order valence-corrected chi connectivity index (χ4v) is 7.55. The largest absolute Gasteiger partial charge is 0.235 e. The summed E-state index contributed by atoms with van der Waals surface area (Å²) in [6.07, 6.45) is 2.85. The lowest BCUT2D eigenvalue weighted by molar-refractivity contribution is 0.578. The van der Waals surface area contributed by atoms with E-state index in [4.69, 9.17) is 9.97 Å². The number of thiophene rings is 1. The number of fused-ring (bicyclic) bond motifs is 5. The molecule has 152 valence electrons. The summed E-state index contributed by atoms with van der Waals surface area (Å²) in [5.41, 5.74) is 6.13. The molecule has 1 aliphatic heterocycles. The smallest absolute Gasteiger partial charge is 0.116 e. The van der Waals surface area contributed by atoms with Crippen molar-refractivity contribution in [3.05, 3.63) is 59.8 Å². The molecule has 0 aliphatic carbocycles. The average molecular weight is 449 g/mol. The minimum Gasteiger partial charge on any atom is -0.235 e. The molecule has 1 atom stereocenters. The summed E-state index contributed by atoms with van der Waals surface area (Å²) in [6.45, 7) is 13.0. The number of nitrogens with zero attached hydrogens (tertiary/aromatic N) is 2. The monoisotopic (exact) mass is 448 g/mol. The second-order valence-corrected chi connectivity index (χ2v) is 12.3. The van der Waals surface area contributed by atoms with E-state index < -0.39 is 0 Å². The van der Waals surface area contributed by atoms with Crippen molar-refractivity contribution in [1.29, 1.82) is 0 Å². The second kappa shape index (κ2) is 7.40. The van der Waals surface area contributed by atoms with Gasteiger partial charge in [0.25, 0.3) is 0 Å². The van der Waals surface area contributed by atoms with Crippen molar-refractivity contribution in [3.8, 4) is 11.3 Å². The van der Waals surface area contributed by atoms with Crippen LogP contribution in [-0.2, 0) is 11.8 Å². The fraction of sp³-hybridized carbons (Fsp3) is 0.280. The van der Waals surface area contributed by atoms with Gasteiger partial charge >= 0.3 is 0 Å². The van der Waals surface area contributed by atoms with Gasteiger partial charge < -0.3 is 0 Å². The zero-order valence-corrected chi connectivity index (χ0v) is 20.1. The molecule has 0 amide bonds. The van der Waals surface area contributed by atoms with Gasteiger partial charge in [-0.2, -0.15) is 0 Å². The maximum absolute atomic E-state index is 4.75. The van der Waals surface area contributed by atoms with Crippen LogP contribution in [0.1, 0.15) is 38.8 Å². The second-order valence-electron chi connectivity index (χ2n) is 8.80. The van der Waals surface area contributed by atoms with Crippen molar-refractivity contribution in [1.82, 2.24) is 9.97 Å². The summed E-state index contributed by atoms with van der Waals surface area (Å²) in [4.78, 5) is 12.1. The van der Waals surface area contributed by atoms with E-state index in [-0.39, 0.29) is 5.41 Å². The van der Waals surface area contributed by atoms with Crippen LogP contribution in [0.2, 0.25) is 0 Å². The highest BCUT2D eigenvalue weighted by molar-refractivity contribution is 8.02. The lowest BCUT2D eigenvalue weighted by atomic mass is 9.85. The molecule has 2 aromatic heterocycles. The zero-order chi connectivity index (χ0) is 21.0. The van der Waals surface area contributed by atoms with Crippen LogP contribution in [-0.4, -0.2) is 15.2 Å². The molecule has 0 fully saturated rings. The van der Waals surface area contributed by atoms with Crippen LogP contribution in [0, 0.1) is 0 Å². The number of rotatable bonds is 3. The van der Waals surface area contributed by atoms with Gasteiger partial charge in [0.15, 0.2) is 0 Å². The van der Waals surface area contributed by atoms with Crippen molar-refractivity contribution >= 4 is 55.2 Å². The van der Waals surface area contributed by atoms with E-state index in [1.54, 1.807) is 18.1 Å². The number of benzene rings is 2. The number of hydrogen-bond donors (Lipinski definition) is 0. The van der Waals surface area contributed by atoms with Crippen LogP contribution in [0.5, 0.6) is 0 Å². The average Bonchev–Trinajstić information content (AvgIpc) is 3.27. The van der Waals surface area contributed by atoms with Crippen molar-refractivity contribution in [3.63, 3.8) is 0 Å². The molecule has 2 aromatic carbocycles. The quantitative estimate of drug-likeness (QED) is 0.296. The molecule has 1 unspecified atom stereocenters. The predicted molar refractivity (Wildman–Crippen MR) is 134 cm³/mol. The normalized spacial score (nSPS) is 16.3. The van der Waals surface area contributed by atoms with E-state index in [2.05, 4.69) is 64.6 Å². The molecule has 0 spiro atoms. The molecule has 5 rings (SSSR count). The lowest BCUT2D eigenvalue weighted by Crippen LogP contribution is -2.12. The summed E-state index contributed by atoms with van der Waals surface area (Å²) in [5.74, 6) is 0. The summed E-state index contributed by atoms with van der Waals surface area (Å²) in [7, 11) is 0. The van der Waals surface area contributed by atoms with Crippen molar-refractivity contribution in [2.75, 3.05) is 0 Å². The van der Waals surface area contributed by atoms with Crippen LogP contribution in [0.25, 0.3) is 31.6 Å². The van der Waals surface area contributed by atoms with Gasteiger partial charge in [0.05, 0.1) is 15.9 Å². The highest BCUT2D eigenvalue weighted by atomic mass is 32.2. The van der Waals surface area contributed by atoms with Gasteiger partial charge in [0.1, 0.15) is 6.33 Å². The molecule has 0 bridgehead atoms. The minimum atomic E-state index is 0.0435. The molecule has 1 aliphatic rings. The molecular weight excluding hydrogens is 424 g/mol. The Morgan fingerprint density at radius 1 is 1.13 bits per heavy atom. The summed E-state index contributed by atoms with van der Waals surface area (Å²) < 4.78 is 2.57. The molecule has 0 saturated heterocycles. The Labute approximate surface area is 190 Å². The molecule has 5 heteroatoms. The maximum atomic E-state index is 4.75. The highest BCUT2D eigenvalue weighted by Crippen LogP contribution is 2.47. The van der Waals surface area contributed by atoms with E-state index in [0.29, 0.717) is 5.25 Å². The Kier molecular flexibility index (Phi) is 4.96. The summed E-state index contributed by atoms with van der Waals surface area (Å²) in [5, 5.41) is 3.81. The Bertz CT molecular complexity index is 1300. The van der Waals surface area contributed by atoms with Gasteiger partial charge in [-0.05, 0) is 46.6 Å². The standard InChI is InChI=1S/C25H24N2S3/c1-6-28-20-9-7-15(12-18(20)25(3,4)5)21-24-22(27-13-26-21)16-8-10-19-17(23(16)30-24)11-14(2)29-19/h6-10,12-14H,1,11H2,2-5H3. The van der Waals surface area contributed by atoms with Crippen LogP contribution in [0.3, 0.4) is 0 Å². The van der Waals surface area contributed by atoms with Crippen LogP contribution >= 0.6 is 34.9 Å². The zero-order valence-electron chi connectivity index (χ0n) is 17.7. The Morgan fingerprint density at radius 3 is 2.73 bits per heavy atom. The lowest BCUT2D eigenvalue weighted by Gasteiger charge is -2.23. The molecule has 2 nitrogen and oxygen atoms in total. The third-order valence-corrected chi connectivity index (χ3v) is 8.81. The topological polar surface area (TPSA) is 25.8 Å². The SMILES string of the molecule is C=CSc1ccc(-c2ncnc3c2sc2c4c(ccc23)SC(C)C4)cc1C(C)(C)C. The van der Waals surface area contributed by atoms with Crippen molar-refractivity contribution in [2.24, 2.45) is 0 Å². The number of thioether (sulfide) groups is 2. The van der Waals surface area contributed by atoms with E-state index >= 15 is 0 Å². The van der Waals surface area contributed by atoms with Gasteiger partial charge in [0.2, 0.25) is 0 Å². The fourth-order valence-electron chi connectivity index (χ4n) is 4.19. The molecule has 0 radical (unpaired) electrons. The van der Waals surface area contributed by atoms with E-state index in [1.165, 1.54) is 35.7 Å². The van der Waals surface area contributed by atoms with Gasteiger partial charge in [-0.25, -0.2) is 9.97 Å². The Balaban J connectivity index is 1.74. The predicted octanol–water partition coefficient (Wildman–Crippen LogP) is 8.08. The molecule has 3 heterocycles. The van der Waals surface area contributed by atoms with Crippen LogP contribution in [0.15, 0.2) is 58.4 Å². The third-order valence-electron chi connectivity index (χ3n) is 5.57. The van der Waals surface area contributed by atoms with Crippen LogP contribution < -0.4 is 0 Å². The van der Waals surface area contributed by atoms with Gasteiger partial charge in [-0.1, -0.05) is 58.2 Å². The number of hydrogen-bond acceptors (Lipinski definition) is 5. The van der Waals surface area contributed by atoms with E-state index in [9.17, 15) is 0 Å². The molecule has 0 N–H and O–H groups in total. The minimum absolute atomic E-state index is 0.0435. The van der Waals surface area contributed by atoms with Gasteiger partial charge in [-0.15, -0.1) is 23.1 Å². The first-order chi connectivity index (χ1) is 14.4. The van der Waals surface area contributed by atoms with Crippen molar-refractivity contribution < 1.29 is 0 Å². The van der Waals surface area contributed by atoms with Gasteiger partial charge in [0, 0.05) is 30.7 Å². The maximum Gasteiger partial charge on any atom is 0.116 e. The molecule has 4 aromatic rings. The first kappa shape index (κ1) is 20.1. The summed E-state index contributed by atoms with van der Waals surface area (Å²) >= 11 is 5.53. The van der Waals surface area contributed by atoms with Crippen molar-refractivity contribution in [2.45, 2.75) is 54.6 Å². The molecule has 0 saturated carbocycles. The van der Waals surface area contributed by atoms with Gasteiger partial charge in [-0.3, -0.25) is 0 Å². The van der Waals surface area contributed by atoms with Crippen LogP contribution in [0.4, 0.5) is 0 Å². The first-order valence-electron chi connectivity index (χ1n) is 10.1.